The average Bonchev–Trinajstić information content (AvgIpc) is 2.29. The van der Waals surface area contributed by atoms with E-state index in [1.54, 1.807) is 0 Å². The van der Waals surface area contributed by atoms with Gasteiger partial charge in [0.25, 0.3) is 0 Å². The highest BCUT2D eigenvalue weighted by Crippen LogP contribution is 2.13. The predicted molar refractivity (Wildman–Crippen MR) is 63.9 cm³/mol. The Labute approximate surface area is 98.2 Å². The lowest BCUT2D eigenvalue weighted by Gasteiger charge is -2.16. The summed E-state index contributed by atoms with van der Waals surface area (Å²) >= 11 is 0. The highest BCUT2D eigenvalue weighted by Gasteiger charge is 2.16. The van der Waals surface area contributed by atoms with Gasteiger partial charge in [-0.1, -0.05) is 33.1 Å². The van der Waals surface area contributed by atoms with E-state index in [2.05, 4.69) is 13.8 Å². The second kappa shape index (κ2) is 9.60. The molecule has 0 amide bonds. The number of hydrogen-bond donors (Lipinski definition) is 2. The first-order valence-corrected chi connectivity index (χ1v) is 6.18. The van der Waals surface area contributed by atoms with E-state index >= 15 is 0 Å². The first-order chi connectivity index (χ1) is 7.65. The summed E-state index contributed by atoms with van der Waals surface area (Å²) in [5.74, 6) is 0.0363. The van der Waals surface area contributed by atoms with Gasteiger partial charge >= 0.3 is 5.97 Å². The van der Waals surface area contributed by atoms with Crippen molar-refractivity contribution in [1.82, 2.24) is 0 Å². The van der Waals surface area contributed by atoms with Gasteiger partial charge in [-0.05, 0) is 18.8 Å². The van der Waals surface area contributed by atoms with Gasteiger partial charge in [-0.3, -0.25) is 4.79 Å². The van der Waals surface area contributed by atoms with E-state index in [0.717, 1.165) is 19.3 Å². The molecule has 0 bridgehead atoms. The highest BCUT2D eigenvalue weighted by atomic mass is 16.5. The summed E-state index contributed by atoms with van der Waals surface area (Å²) in [4.78, 5) is 11.4. The van der Waals surface area contributed by atoms with E-state index < -0.39 is 12.0 Å². The molecule has 0 spiro atoms. The summed E-state index contributed by atoms with van der Waals surface area (Å²) in [6.45, 7) is 4.62. The molecule has 0 aliphatic carbocycles. The number of rotatable bonds is 9. The maximum atomic E-state index is 11.4. The van der Waals surface area contributed by atoms with Gasteiger partial charge in [-0.2, -0.15) is 0 Å². The van der Waals surface area contributed by atoms with Crippen LogP contribution in [0.15, 0.2) is 0 Å². The fourth-order valence-corrected chi connectivity index (χ4v) is 1.46. The molecule has 3 N–H and O–H groups in total. The molecule has 0 radical (unpaired) electrons. The lowest BCUT2D eigenvalue weighted by molar-refractivity contribution is -0.147. The van der Waals surface area contributed by atoms with Crippen molar-refractivity contribution in [1.29, 1.82) is 0 Å². The van der Waals surface area contributed by atoms with Gasteiger partial charge in [0.2, 0.25) is 0 Å². The van der Waals surface area contributed by atoms with Crippen LogP contribution >= 0.6 is 0 Å². The summed E-state index contributed by atoms with van der Waals surface area (Å²) in [6, 6.07) is -0.686. The molecule has 1 unspecified atom stereocenters. The summed E-state index contributed by atoms with van der Waals surface area (Å²) in [6.07, 6.45) is 4.70. The number of carbonyl (C=O) groups excluding carboxylic acids is 1. The zero-order valence-electron chi connectivity index (χ0n) is 10.4. The number of hydrogen-bond acceptors (Lipinski definition) is 4. The average molecular weight is 231 g/mol. The molecule has 2 atom stereocenters. The number of esters is 1. The summed E-state index contributed by atoms with van der Waals surface area (Å²) in [7, 11) is 0. The quantitative estimate of drug-likeness (QED) is 0.589. The zero-order chi connectivity index (χ0) is 12.4. The van der Waals surface area contributed by atoms with Crippen LogP contribution in [0.5, 0.6) is 0 Å². The second-order valence-electron chi connectivity index (χ2n) is 4.17. The third-order valence-electron chi connectivity index (χ3n) is 2.75. The Morgan fingerprint density at radius 3 is 2.56 bits per heavy atom. The number of aliphatic hydroxyl groups is 1. The second-order valence-corrected chi connectivity index (χ2v) is 4.17. The van der Waals surface area contributed by atoms with Gasteiger partial charge in [0, 0.05) is 6.61 Å². The molecule has 0 aliphatic heterocycles. The maximum Gasteiger partial charge on any atom is 0.323 e. The molecule has 0 rings (SSSR count). The van der Waals surface area contributed by atoms with E-state index in [9.17, 15) is 4.79 Å². The lowest BCUT2D eigenvalue weighted by atomic mass is 10.0. The van der Waals surface area contributed by atoms with E-state index in [1.165, 1.54) is 6.42 Å². The minimum atomic E-state index is -0.686. The van der Waals surface area contributed by atoms with Crippen molar-refractivity contribution in [2.24, 2.45) is 11.7 Å². The Balaban J connectivity index is 3.78. The Morgan fingerprint density at radius 2 is 2.06 bits per heavy atom. The van der Waals surface area contributed by atoms with Crippen LogP contribution in [0.1, 0.15) is 46.0 Å². The van der Waals surface area contributed by atoms with Crippen molar-refractivity contribution in [2.75, 3.05) is 13.2 Å². The largest absolute Gasteiger partial charge is 0.464 e. The number of nitrogens with two attached hydrogens (primary N) is 1. The third-order valence-corrected chi connectivity index (χ3v) is 2.75. The third kappa shape index (κ3) is 6.80. The molecule has 0 saturated heterocycles. The topological polar surface area (TPSA) is 72.5 Å². The van der Waals surface area contributed by atoms with Crippen molar-refractivity contribution in [2.45, 2.75) is 52.0 Å². The fraction of sp³-hybridized carbons (Fsp3) is 0.917. The maximum absolute atomic E-state index is 11.4. The van der Waals surface area contributed by atoms with Crippen LogP contribution in [0.2, 0.25) is 0 Å². The Bertz CT molecular complexity index is 185. The smallest absolute Gasteiger partial charge is 0.323 e. The SMILES string of the molecule is CCCCC(CC)COC(=O)[C@H](N)CCO. The van der Waals surface area contributed by atoms with Gasteiger partial charge in [0.1, 0.15) is 6.04 Å². The molecule has 4 nitrogen and oxygen atoms in total. The van der Waals surface area contributed by atoms with Crippen molar-refractivity contribution >= 4 is 5.97 Å². The van der Waals surface area contributed by atoms with E-state index in [1.807, 2.05) is 0 Å². The van der Waals surface area contributed by atoms with Crippen LogP contribution in [-0.2, 0) is 9.53 Å². The Hall–Kier alpha value is -0.610. The molecule has 96 valence electrons. The van der Waals surface area contributed by atoms with Crippen molar-refractivity contribution in [3.05, 3.63) is 0 Å². The fourth-order valence-electron chi connectivity index (χ4n) is 1.46. The molecular weight excluding hydrogens is 206 g/mol. The van der Waals surface area contributed by atoms with Crippen molar-refractivity contribution in [3.8, 4) is 0 Å². The van der Waals surface area contributed by atoms with Crippen LogP contribution in [0.3, 0.4) is 0 Å². The van der Waals surface area contributed by atoms with Gasteiger partial charge in [0.05, 0.1) is 6.61 Å². The number of aliphatic hydroxyl groups excluding tert-OH is 1. The molecule has 0 fully saturated rings. The van der Waals surface area contributed by atoms with E-state index in [0.29, 0.717) is 12.5 Å². The first kappa shape index (κ1) is 15.4. The van der Waals surface area contributed by atoms with Gasteiger partial charge in [0.15, 0.2) is 0 Å². The molecule has 0 aromatic carbocycles. The molecule has 0 aromatic rings. The minimum Gasteiger partial charge on any atom is -0.464 e. The standard InChI is InChI=1S/C12H25NO3/c1-3-5-6-10(4-2)9-16-12(15)11(13)7-8-14/h10-11,14H,3-9,13H2,1-2H3/t10?,11-/m1/s1. The predicted octanol–water partition coefficient (Wildman–Crippen LogP) is 1.46. The van der Waals surface area contributed by atoms with E-state index in [-0.39, 0.29) is 13.0 Å². The Morgan fingerprint density at radius 1 is 1.38 bits per heavy atom. The van der Waals surface area contributed by atoms with Gasteiger partial charge < -0.3 is 15.6 Å². The molecule has 0 heterocycles. The zero-order valence-corrected chi connectivity index (χ0v) is 10.4. The van der Waals surface area contributed by atoms with Crippen LogP contribution in [-0.4, -0.2) is 30.3 Å². The number of ether oxygens (including phenoxy) is 1. The highest BCUT2D eigenvalue weighted by molar-refractivity contribution is 5.75. The first-order valence-electron chi connectivity index (χ1n) is 6.18. The van der Waals surface area contributed by atoms with Crippen molar-refractivity contribution in [3.63, 3.8) is 0 Å². The number of unbranched alkanes of at least 4 members (excludes halogenated alkanes) is 1. The number of carbonyl (C=O) groups is 1. The van der Waals surface area contributed by atoms with Crippen LogP contribution < -0.4 is 5.73 Å². The summed E-state index contributed by atoms with van der Waals surface area (Å²) < 4.78 is 5.13. The van der Waals surface area contributed by atoms with Crippen LogP contribution in [0.25, 0.3) is 0 Å². The molecule has 0 aliphatic rings. The molecule has 0 aromatic heterocycles. The molecule has 0 saturated carbocycles. The van der Waals surface area contributed by atoms with Gasteiger partial charge in [-0.25, -0.2) is 0 Å². The minimum absolute atomic E-state index is 0.0801. The molecule has 4 heteroatoms. The molecular formula is C12H25NO3. The van der Waals surface area contributed by atoms with Gasteiger partial charge in [-0.15, -0.1) is 0 Å². The molecule has 16 heavy (non-hydrogen) atoms. The monoisotopic (exact) mass is 231 g/mol. The summed E-state index contributed by atoms with van der Waals surface area (Å²) in [5.41, 5.74) is 5.52. The normalized spacial score (nSPS) is 14.5. The van der Waals surface area contributed by atoms with E-state index in [4.69, 9.17) is 15.6 Å². The van der Waals surface area contributed by atoms with Crippen molar-refractivity contribution < 1.29 is 14.6 Å². The van der Waals surface area contributed by atoms with Crippen LogP contribution in [0, 0.1) is 5.92 Å². The summed E-state index contributed by atoms with van der Waals surface area (Å²) in [5, 5.41) is 8.64. The lowest BCUT2D eigenvalue weighted by Crippen LogP contribution is -2.34. The Kier molecular flexibility index (Phi) is 9.24. The van der Waals surface area contributed by atoms with Crippen LogP contribution in [0.4, 0.5) is 0 Å².